The van der Waals surface area contributed by atoms with Crippen molar-refractivity contribution in [2.24, 2.45) is 11.8 Å². The molecule has 3 unspecified atom stereocenters. The molecule has 1 aromatic heterocycles. The first-order chi connectivity index (χ1) is 8.74. The van der Waals surface area contributed by atoms with Crippen LogP contribution in [0.5, 0.6) is 0 Å². The Kier molecular flexibility index (Phi) is 4.70. The van der Waals surface area contributed by atoms with E-state index in [1.807, 2.05) is 0 Å². The van der Waals surface area contributed by atoms with Crippen molar-refractivity contribution in [3.05, 3.63) is 29.8 Å². The van der Waals surface area contributed by atoms with Gasteiger partial charge in [0, 0.05) is 12.2 Å². The highest BCUT2D eigenvalue weighted by Crippen LogP contribution is 2.40. The summed E-state index contributed by atoms with van der Waals surface area (Å²) in [6, 6.07) is 1.88. The van der Waals surface area contributed by atoms with Crippen LogP contribution in [0.3, 0.4) is 0 Å². The van der Waals surface area contributed by atoms with Crippen LogP contribution in [0.15, 0.2) is 18.5 Å². The molecular formula is C15H23FN2. The zero-order valence-electron chi connectivity index (χ0n) is 11.3. The first kappa shape index (κ1) is 13.5. The Balaban J connectivity index is 2.13. The molecule has 1 fully saturated rings. The maximum absolute atomic E-state index is 13.3. The summed E-state index contributed by atoms with van der Waals surface area (Å²) < 4.78 is 13.3. The third-order valence-electron chi connectivity index (χ3n) is 4.14. The fourth-order valence-corrected chi connectivity index (χ4v) is 3.16. The third kappa shape index (κ3) is 3.08. The number of nitrogens with zero attached hydrogens (tertiary/aromatic N) is 1. The molecule has 18 heavy (non-hydrogen) atoms. The number of nitrogens with one attached hydrogen (secondary N) is 1. The van der Waals surface area contributed by atoms with Crippen molar-refractivity contribution in [1.29, 1.82) is 0 Å². The molecule has 1 heterocycles. The van der Waals surface area contributed by atoms with E-state index in [1.54, 1.807) is 12.3 Å². The van der Waals surface area contributed by atoms with Crippen molar-refractivity contribution in [2.45, 2.75) is 45.6 Å². The molecule has 1 saturated carbocycles. The van der Waals surface area contributed by atoms with E-state index < -0.39 is 0 Å². The highest BCUT2D eigenvalue weighted by Gasteiger charge is 2.30. The van der Waals surface area contributed by atoms with E-state index in [1.165, 1.54) is 31.9 Å². The maximum atomic E-state index is 13.3. The fraction of sp³-hybridized carbons (Fsp3) is 0.667. The van der Waals surface area contributed by atoms with Gasteiger partial charge in [-0.25, -0.2) is 4.39 Å². The van der Waals surface area contributed by atoms with Gasteiger partial charge in [0.25, 0.3) is 0 Å². The first-order valence-electron chi connectivity index (χ1n) is 7.08. The van der Waals surface area contributed by atoms with Gasteiger partial charge in [0.15, 0.2) is 0 Å². The molecule has 0 radical (unpaired) electrons. The molecule has 0 aromatic carbocycles. The number of hydrogen-bond acceptors (Lipinski definition) is 2. The van der Waals surface area contributed by atoms with E-state index in [2.05, 4.69) is 24.1 Å². The molecule has 1 aliphatic rings. The van der Waals surface area contributed by atoms with Crippen molar-refractivity contribution in [3.63, 3.8) is 0 Å². The lowest BCUT2D eigenvalue weighted by atomic mass is 9.91. The second-order valence-corrected chi connectivity index (χ2v) is 5.32. The minimum Gasteiger partial charge on any atom is -0.310 e. The smallest absolute Gasteiger partial charge is 0.141 e. The SMILES string of the molecule is CCNC(c1cncc(F)c1)C1CCC(CC)C1. The molecule has 0 aliphatic heterocycles. The molecule has 3 heteroatoms. The summed E-state index contributed by atoms with van der Waals surface area (Å²) in [5.74, 6) is 1.23. The highest BCUT2D eigenvalue weighted by atomic mass is 19.1. The minimum atomic E-state index is -0.236. The summed E-state index contributed by atoms with van der Waals surface area (Å²) in [7, 11) is 0. The lowest BCUT2D eigenvalue weighted by molar-refractivity contribution is 0.357. The van der Waals surface area contributed by atoms with Crippen molar-refractivity contribution in [2.75, 3.05) is 6.54 Å². The van der Waals surface area contributed by atoms with Crippen LogP contribution in [-0.2, 0) is 0 Å². The number of hydrogen-bond donors (Lipinski definition) is 1. The topological polar surface area (TPSA) is 24.9 Å². The lowest BCUT2D eigenvalue weighted by Crippen LogP contribution is -2.27. The van der Waals surface area contributed by atoms with Gasteiger partial charge in [-0.3, -0.25) is 4.98 Å². The lowest BCUT2D eigenvalue weighted by Gasteiger charge is -2.25. The highest BCUT2D eigenvalue weighted by molar-refractivity contribution is 5.16. The Hall–Kier alpha value is -0.960. The summed E-state index contributed by atoms with van der Waals surface area (Å²) >= 11 is 0. The zero-order valence-corrected chi connectivity index (χ0v) is 11.3. The predicted octanol–water partition coefficient (Wildman–Crippen LogP) is 3.70. The monoisotopic (exact) mass is 250 g/mol. The van der Waals surface area contributed by atoms with Gasteiger partial charge in [0.1, 0.15) is 5.82 Å². The van der Waals surface area contributed by atoms with Gasteiger partial charge in [-0.15, -0.1) is 0 Å². The van der Waals surface area contributed by atoms with E-state index in [-0.39, 0.29) is 11.9 Å². The number of rotatable bonds is 5. The van der Waals surface area contributed by atoms with Gasteiger partial charge in [-0.2, -0.15) is 0 Å². The van der Waals surface area contributed by atoms with Crippen molar-refractivity contribution >= 4 is 0 Å². The zero-order chi connectivity index (χ0) is 13.0. The van der Waals surface area contributed by atoms with Crippen LogP contribution in [0.25, 0.3) is 0 Å². The molecule has 2 nitrogen and oxygen atoms in total. The van der Waals surface area contributed by atoms with E-state index in [9.17, 15) is 4.39 Å². The second-order valence-electron chi connectivity index (χ2n) is 5.32. The van der Waals surface area contributed by atoms with Crippen LogP contribution in [0.4, 0.5) is 4.39 Å². The predicted molar refractivity (Wildman–Crippen MR) is 71.7 cm³/mol. The van der Waals surface area contributed by atoms with Crippen LogP contribution in [0.1, 0.15) is 51.1 Å². The molecular weight excluding hydrogens is 227 g/mol. The summed E-state index contributed by atoms with van der Waals surface area (Å²) in [6.45, 7) is 5.28. The standard InChI is InChI=1S/C15H23FN2/c1-3-11-5-6-12(7-11)15(18-4-2)13-8-14(16)10-17-9-13/h8-12,15,18H,3-7H2,1-2H3. The van der Waals surface area contributed by atoms with Gasteiger partial charge < -0.3 is 5.32 Å². The summed E-state index contributed by atoms with van der Waals surface area (Å²) in [5.41, 5.74) is 0.999. The van der Waals surface area contributed by atoms with Crippen LogP contribution in [0.2, 0.25) is 0 Å². The van der Waals surface area contributed by atoms with Crippen molar-refractivity contribution in [3.8, 4) is 0 Å². The Bertz CT molecular complexity index is 381. The van der Waals surface area contributed by atoms with Crippen LogP contribution < -0.4 is 5.32 Å². The Morgan fingerprint density at radius 1 is 1.39 bits per heavy atom. The Morgan fingerprint density at radius 3 is 2.83 bits per heavy atom. The van der Waals surface area contributed by atoms with Crippen LogP contribution in [-0.4, -0.2) is 11.5 Å². The maximum Gasteiger partial charge on any atom is 0.141 e. The molecule has 0 spiro atoms. The molecule has 1 aliphatic carbocycles. The average molecular weight is 250 g/mol. The van der Waals surface area contributed by atoms with Gasteiger partial charge >= 0.3 is 0 Å². The molecule has 100 valence electrons. The third-order valence-corrected chi connectivity index (χ3v) is 4.14. The molecule has 1 N–H and O–H groups in total. The number of aromatic nitrogens is 1. The van der Waals surface area contributed by atoms with E-state index in [0.29, 0.717) is 5.92 Å². The van der Waals surface area contributed by atoms with Gasteiger partial charge in [0.2, 0.25) is 0 Å². The van der Waals surface area contributed by atoms with Gasteiger partial charge in [-0.1, -0.05) is 26.7 Å². The first-order valence-corrected chi connectivity index (χ1v) is 7.08. The van der Waals surface area contributed by atoms with E-state index >= 15 is 0 Å². The quantitative estimate of drug-likeness (QED) is 0.862. The molecule has 0 saturated heterocycles. The molecule has 2 rings (SSSR count). The number of halogens is 1. The molecule has 0 bridgehead atoms. The summed E-state index contributed by atoms with van der Waals surface area (Å²) in [5, 5.41) is 3.51. The number of pyridine rings is 1. The average Bonchev–Trinajstić information content (AvgIpc) is 2.84. The summed E-state index contributed by atoms with van der Waals surface area (Å²) in [4.78, 5) is 3.98. The van der Waals surface area contributed by atoms with E-state index in [4.69, 9.17) is 0 Å². The fourth-order valence-electron chi connectivity index (χ4n) is 3.16. The Morgan fingerprint density at radius 2 is 2.22 bits per heavy atom. The minimum absolute atomic E-state index is 0.236. The molecule has 1 aromatic rings. The largest absolute Gasteiger partial charge is 0.310 e. The van der Waals surface area contributed by atoms with Crippen LogP contribution >= 0.6 is 0 Å². The molecule has 0 amide bonds. The Labute approximate surface area is 109 Å². The van der Waals surface area contributed by atoms with Crippen molar-refractivity contribution in [1.82, 2.24) is 10.3 Å². The van der Waals surface area contributed by atoms with Gasteiger partial charge in [-0.05, 0) is 42.9 Å². The van der Waals surface area contributed by atoms with Crippen molar-refractivity contribution < 1.29 is 4.39 Å². The molecule has 3 atom stereocenters. The van der Waals surface area contributed by atoms with E-state index in [0.717, 1.165) is 18.0 Å². The summed E-state index contributed by atoms with van der Waals surface area (Å²) in [6.07, 6.45) is 8.14. The normalized spacial score (nSPS) is 25.3. The van der Waals surface area contributed by atoms with Crippen LogP contribution in [0, 0.1) is 17.7 Å². The van der Waals surface area contributed by atoms with Gasteiger partial charge in [0.05, 0.1) is 6.20 Å². The second kappa shape index (κ2) is 6.28.